The van der Waals surface area contributed by atoms with E-state index in [1.54, 1.807) is 6.20 Å². The van der Waals surface area contributed by atoms with Gasteiger partial charge >= 0.3 is 0 Å². The van der Waals surface area contributed by atoms with Crippen LogP contribution in [0.4, 0.5) is 0 Å². The number of imidazole rings is 1. The lowest BCUT2D eigenvalue weighted by Crippen LogP contribution is -2.38. The van der Waals surface area contributed by atoms with E-state index >= 15 is 0 Å². The fraction of sp³-hybridized carbons (Fsp3) is 0.727. The van der Waals surface area contributed by atoms with E-state index in [0.29, 0.717) is 13.0 Å². The molecule has 4 nitrogen and oxygen atoms in total. The standard InChI is InChI=1S/C11H21N3O/c1-3-5-11(15,9-12)6-4-10-13-7-8-14(10)2/h7-8,15H,3-6,9,12H2,1-2H3. The molecule has 3 N–H and O–H groups in total. The second kappa shape index (κ2) is 5.28. The smallest absolute Gasteiger partial charge is 0.108 e. The summed E-state index contributed by atoms with van der Waals surface area (Å²) in [6.45, 7) is 2.38. The van der Waals surface area contributed by atoms with Crippen LogP contribution in [-0.2, 0) is 13.5 Å². The number of rotatable bonds is 6. The van der Waals surface area contributed by atoms with E-state index in [0.717, 1.165) is 25.1 Å². The summed E-state index contributed by atoms with van der Waals surface area (Å²) < 4.78 is 1.98. The van der Waals surface area contributed by atoms with Crippen LogP contribution in [0.15, 0.2) is 12.4 Å². The lowest BCUT2D eigenvalue weighted by Gasteiger charge is -2.25. The Kier molecular flexibility index (Phi) is 4.29. The van der Waals surface area contributed by atoms with E-state index in [1.807, 2.05) is 17.8 Å². The highest BCUT2D eigenvalue weighted by Crippen LogP contribution is 2.18. The number of aryl methyl sites for hydroxylation is 2. The number of aromatic nitrogens is 2. The molecule has 0 amide bonds. The lowest BCUT2D eigenvalue weighted by atomic mass is 9.92. The van der Waals surface area contributed by atoms with Crippen LogP contribution in [-0.4, -0.2) is 26.8 Å². The monoisotopic (exact) mass is 211 g/mol. The molecule has 0 radical (unpaired) electrons. The molecule has 1 rings (SSSR count). The molecule has 1 heterocycles. The van der Waals surface area contributed by atoms with Gasteiger partial charge in [0.1, 0.15) is 5.82 Å². The lowest BCUT2D eigenvalue weighted by molar-refractivity contribution is 0.0305. The molecule has 4 heteroatoms. The third kappa shape index (κ3) is 3.32. The van der Waals surface area contributed by atoms with E-state index in [4.69, 9.17) is 5.73 Å². The molecule has 0 aliphatic rings. The van der Waals surface area contributed by atoms with E-state index in [-0.39, 0.29) is 0 Å². The van der Waals surface area contributed by atoms with Crippen molar-refractivity contribution in [3.8, 4) is 0 Å². The van der Waals surface area contributed by atoms with Gasteiger partial charge in [0, 0.05) is 32.4 Å². The van der Waals surface area contributed by atoms with Gasteiger partial charge in [0.25, 0.3) is 0 Å². The van der Waals surface area contributed by atoms with Crippen molar-refractivity contribution in [1.29, 1.82) is 0 Å². The van der Waals surface area contributed by atoms with E-state index in [9.17, 15) is 5.11 Å². The third-order valence-electron chi connectivity index (χ3n) is 2.83. The summed E-state index contributed by atoms with van der Waals surface area (Å²) in [5, 5.41) is 10.1. The Morgan fingerprint density at radius 1 is 1.53 bits per heavy atom. The van der Waals surface area contributed by atoms with Gasteiger partial charge in [-0.25, -0.2) is 4.98 Å². The average molecular weight is 211 g/mol. The first-order chi connectivity index (χ1) is 7.11. The molecule has 86 valence electrons. The van der Waals surface area contributed by atoms with Crippen LogP contribution < -0.4 is 5.73 Å². The van der Waals surface area contributed by atoms with Crippen molar-refractivity contribution in [1.82, 2.24) is 9.55 Å². The number of aliphatic hydroxyl groups is 1. The summed E-state index contributed by atoms with van der Waals surface area (Å²) in [5.41, 5.74) is 4.87. The minimum Gasteiger partial charge on any atom is -0.389 e. The predicted octanol–water partition coefficient (Wildman–Crippen LogP) is 0.843. The van der Waals surface area contributed by atoms with Gasteiger partial charge < -0.3 is 15.4 Å². The molecule has 0 saturated heterocycles. The summed E-state index contributed by atoms with van der Waals surface area (Å²) in [6, 6.07) is 0. The van der Waals surface area contributed by atoms with Crippen molar-refractivity contribution in [3.63, 3.8) is 0 Å². The van der Waals surface area contributed by atoms with Gasteiger partial charge in [0.05, 0.1) is 5.60 Å². The number of hydrogen-bond acceptors (Lipinski definition) is 3. The van der Waals surface area contributed by atoms with E-state index in [2.05, 4.69) is 11.9 Å². The zero-order valence-electron chi connectivity index (χ0n) is 9.61. The zero-order chi connectivity index (χ0) is 11.3. The summed E-state index contributed by atoms with van der Waals surface area (Å²) in [6.07, 6.45) is 6.86. The van der Waals surface area contributed by atoms with E-state index in [1.165, 1.54) is 0 Å². The highest BCUT2D eigenvalue weighted by atomic mass is 16.3. The van der Waals surface area contributed by atoms with E-state index < -0.39 is 5.60 Å². The van der Waals surface area contributed by atoms with Crippen molar-refractivity contribution in [2.75, 3.05) is 6.54 Å². The minimum absolute atomic E-state index is 0.325. The summed E-state index contributed by atoms with van der Waals surface area (Å²) >= 11 is 0. The van der Waals surface area contributed by atoms with Crippen LogP contribution in [0.1, 0.15) is 32.0 Å². The Bertz CT molecular complexity index is 298. The Labute approximate surface area is 91.1 Å². The Balaban J connectivity index is 2.51. The maximum Gasteiger partial charge on any atom is 0.108 e. The maximum absolute atomic E-state index is 10.1. The fourth-order valence-corrected chi connectivity index (χ4v) is 1.78. The quantitative estimate of drug-likeness (QED) is 0.733. The molecule has 0 aliphatic carbocycles. The molecule has 0 fully saturated rings. The molecule has 1 atom stereocenters. The number of nitrogens with zero attached hydrogens (tertiary/aromatic N) is 2. The molecule has 1 aromatic rings. The molecule has 0 aromatic carbocycles. The van der Waals surface area contributed by atoms with Gasteiger partial charge in [-0.1, -0.05) is 13.3 Å². The Hall–Kier alpha value is -0.870. The van der Waals surface area contributed by atoms with Crippen LogP contribution in [0, 0.1) is 0 Å². The summed E-state index contributed by atoms with van der Waals surface area (Å²) in [7, 11) is 1.96. The molecule has 1 aromatic heterocycles. The Morgan fingerprint density at radius 3 is 2.73 bits per heavy atom. The molecule has 0 aliphatic heterocycles. The predicted molar refractivity (Wildman–Crippen MR) is 60.4 cm³/mol. The third-order valence-corrected chi connectivity index (χ3v) is 2.83. The molecule has 0 spiro atoms. The SMILES string of the molecule is CCCC(O)(CN)CCc1nccn1C. The Morgan fingerprint density at radius 2 is 2.27 bits per heavy atom. The summed E-state index contributed by atoms with van der Waals surface area (Å²) in [5.74, 6) is 0.998. The largest absolute Gasteiger partial charge is 0.389 e. The zero-order valence-corrected chi connectivity index (χ0v) is 9.61. The average Bonchev–Trinajstić information content (AvgIpc) is 2.62. The minimum atomic E-state index is -0.722. The normalized spacial score (nSPS) is 15.2. The second-order valence-electron chi connectivity index (χ2n) is 4.13. The molecular formula is C11H21N3O. The summed E-state index contributed by atoms with van der Waals surface area (Å²) in [4.78, 5) is 4.22. The van der Waals surface area contributed by atoms with Crippen LogP contribution in [0.2, 0.25) is 0 Å². The molecule has 15 heavy (non-hydrogen) atoms. The molecule has 0 bridgehead atoms. The molecule has 0 saturated carbocycles. The highest BCUT2D eigenvalue weighted by molar-refractivity contribution is 4.94. The first-order valence-corrected chi connectivity index (χ1v) is 5.50. The van der Waals surface area contributed by atoms with Gasteiger partial charge in [-0.3, -0.25) is 0 Å². The molecular weight excluding hydrogens is 190 g/mol. The van der Waals surface area contributed by atoms with Crippen LogP contribution in [0.5, 0.6) is 0 Å². The van der Waals surface area contributed by atoms with Crippen LogP contribution in [0.3, 0.4) is 0 Å². The van der Waals surface area contributed by atoms with Gasteiger partial charge in [-0.15, -0.1) is 0 Å². The first kappa shape index (κ1) is 12.2. The van der Waals surface area contributed by atoms with Gasteiger partial charge in [-0.2, -0.15) is 0 Å². The highest BCUT2D eigenvalue weighted by Gasteiger charge is 2.24. The van der Waals surface area contributed by atoms with Gasteiger partial charge in [-0.05, 0) is 12.8 Å². The van der Waals surface area contributed by atoms with Crippen molar-refractivity contribution < 1.29 is 5.11 Å². The van der Waals surface area contributed by atoms with Crippen molar-refractivity contribution in [3.05, 3.63) is 18.2 Å². The maximum atomic E-state index is 10.1. The van der Waals surface area contributed by atoms with Crippen LogP contribution >= 0.6 is 0 Å². The topological polar surface area (TPSA) is 64.1 Å². The van der Waals surface area contributed by atoms with Gasteiger partial charge in [0.2, 0.25) is 0 Å². The molecule has 1 unspecified atom stereocenters. The van der Waals surface area contributed by atoms with Crippen molar-refractivity contribution in [2.24, 2.45) is 12.8 Å². The number of hydrogen-bond donors (Lipinski definition) is 2. The number of nitrogens with two attached hydrogens (primary N) is 1. The second-order valence-corrected chi connectivity index (χ2v) is 4.13. The fourth-order valence-electron chi connectivity index (χ4n) is 1.78. The van der Waals surface area contributed by atoms with Crippen molar-refractivity contribution >= 4 is 0 Å². The van der Waals surface area contributed by atoms with Crippen molar-refractivity contribution in [2.45, 2.75) is 38.2 Å². The van der Waals surface area contributed by atoms with Gasteiger partial charge in [0.15, 0.2) is 0 Å². The first-order valence-electron chi connectivity index (χ1n) is 5.50. The van der Waals surface area contributed by atoms with Crippen LogP contribution in [0.25, 0.3) is 0 Å².